The van der Waals surface area contributed by atoms with Crippen LogP contribution in [-0.2, 0) is 4.79 Å². The molecule has 1 aliphatic rings. The van der Waals surface area contributed by atoms with Crippen LogP contribution in [0.2, 0.25) is 0 Å². The van der Waals surface area contributed by atoms with Crippen molar-refractivity contribution in [2.24, 2.45) is 0 Å². The van der Waals surface area contributed by atoms with E-state index in [4.69, 9.17) is 4.74 Å². The van der Waals surface area contributed by atoms with Gasteiger partial charge in [0.05, 0.1) is 23.6 Å². The number of ether oxygens (including phenoxy) is 1. The average Bonchev–Trinajstić information content (AvgIpc) is 3.18. The quantitative estimate of drug-likeness (QED) is 0.728. The second-order valence-corrected chi connectivity index (χ2v) is 6.67. The molecule has 0 spiro atoms. The third kappa shape index (κ3) is 3.57. The van der Waals surface area contributed by atoms with E-state index in [1.165, 1.54) is 0 Å². The highest BCUT2D eigenvalue weighted by Gasteiger charge is 2.19. The van der Waals surface area contributed by atoms with Crippen LogP contribution in [0.1, 0.15) is 34.6 Å². The molecule has 4 rings (SSSR count). The molecule has 2 N–H and O–H groups in total. The van der Waals surface area contributed by atoms with Crippen LogP contribution in [-0.4, -0.2) is 33.4 Å². The Morgan fingerprint density at radius 2 is 2.04 bits per heavy atom. The number of nitrogens with one attached hydrogen (secondary N) is 2. The van der Waals surface area contributed by atoms with Gasteiger partial charge < -0.3 is 15.4 Å². The van der Waals surface area contributed by atoms with Crippen molar-refractivity contribution in [1.82, 2.24) is 20.3 Å². The second kappa shape index (κ2) is 7.15. The van der Waals surface area contributed by atoms with Crippen molar-refractivity contribution in [2.45, 2.75) is 19.9 Å². The first-order valence-corrected chi connectivity index (χ1v) is 8.86. The summed E-state index contributed by atoms with van der Waals surface area (Å²) >= 11 is 0. The van der Waals surface area contributed by atoms with Gasteiger partial charge in [0.15, 0.2) is 12.3 Å². The van der Waals surface area contributed by atoms with Crippen molar-refractivity contribution in [1.29, 1.82) is 0 Å². The van der Waals surface area contributed by atoms with Gasteiger partial charge in [-0.05, 0) is 43.7 Å². The zero-order valence-corrected chi connectivity index (χ0v) is 15.5. The molecule has 0 saturated carbocycles. The minimum Gasteiger partial charge on any atom is -0.482 e. The summed E-state index contributed by atoms with van der Waals surface area (Å²) in [5, 5.41) is 13.7. The van der Waals surface area contributed by atoms with Crippen molar-refractivity contribution in [3.05, 3.63) is 65.5 Å². The van der Waals surface area contributed by atoms with Gasteiger partial charge in [0, 0.05) is 0 Å². The number of carbonyl (C=O) groups excluding carboxylic acids is 2. The average molecular weight is 377 g/mol. The number of aryl methyl sites for hydroxylation is 1. The Morgan fingerprint density at radius 3 is 2.82 bits per heavy atom. The van der Waals surface area contributed by atoms with Crippen LogP contribution in [0, 0.1) is 6.92 Å². The third-order valence-electron chi connectivity index (χ3n) is 4.51. The lowest BCUT2D eigenvalue weighted by Gasteiger charge is -2.20. The predicted octanol–water partition coefficient (Wildman–Crippen LogP) is 2.40. The lowest BCUT2D eigenvalue weighted by molar-refractivity contribution is -0.118. The Morgan fingerprint density at radius 1 is 1.25 bits per heavy atom. The van der Waals surface area contributed by atoms with E-state index in [0.717, 1.165) is 16.8 Å². The number of nitrogens with zero attached hydrogens (tertiary/aromatic N) is 3. The second-order valence-electron chi connectivity index (χ2n) is 6.67. The zero-order chi connectivity index (χ0) is 19.7. The molecule has 1 unspecified atom stereocenters. The standard InChI is InChI=1S/C20H19N5O3/c1-12-3-6-15(7-4-12)25-10-17(23-24-25)20(27)21-13(2)14-5-8-18-16(9-14)22-19(26)11-28-18/h3-10,13H,11H2,1-2H3,(H,21,27)(H,22,26). The SMILES string of the molecule is Cc1ccc(-n2cc(C(=O)NC(C)c3ccc4c(c3)NC(=O)CO4)nn2)cc1. The van der Waals surface area contributed by atoms with Crippen LogP contribution in [0.4, 0.5) is 5.69 Å². The van der Waals surface area contributed by atoms with Crippen LogP contribution < -0.4 is 15.4 Å². The van der Waals surface area contributed by atoms with Crippen molar-refractivity contribution in [3.63, 3.8) is 0 Å². The Hall–Kier alpha value is -3.68. The third-order valence-corrected chi connectivity index (χ3v) is 4.51. The number of amides is 2. The summed E-state index contributed by atoms with van der Waals surface area (Å²) in [5.41, 5.74) is 3.63. The largest absolute Gasteiger partial charge is 0.482 e. The highest BCUT2D eigenvalue weighted by atomic mass is 16.5. The number of fused-ring (bicyclic) bond motifs is 1. The van der Waals surface area contributed by atoms with E-state index < -0.39 is 0 Å². The van der Waals surface area contributed by atoms with E-state index in [1.807, 2.05) is 44.2 Å². The van der Waals surface area contributed by atoms with Crippen molar-refractivity contribution in [2.75, 3.05) is 11.9 Å². The molecular formula is C20H19N5O3. The van der Waals surface area contributed by atoms with E-state index in [-0.39, 0.29) is 30.2 Å². The van der Waals surface area contributed by atoms with Crippen molar-refractivity contribution in [3.8, 4) is 11.4 Å². The van der Waals surface area contributed by atoms with Crippen molar-refractivity contribution < 1.29 is 14.3 Å². The fourth-order valence-electron chi connectivity index (χ4n) is 2.92. The molecule has 1 aromatic heterocycles. The molecule has 8 heteroatoms. The molecule has 2 aromatic carbocycles. The van der Waals surface area contributed by atoms with E-state index in [2.05, 4.69) is 20.9 Å². The van der Waals surface area contributed by atoms with E-state index in [0.29, 0.717) is 11.4 Å². The molecule has 1 atom stereocenters. The number of rotatable bonds is 4. The highest BCUT2D eigenvalue weighted by Crippen LogP contribution is 2.30. The van der Waals surface area contributed by atoms with Gasteiger partial charge >= 0.3 is 0 Å². The van der Waals surface area contributed by atoms with Crippen molar-refractivity contribution >= 4 is 17.5 Å². The van der Waals surface area contributed by atoms with E-state index >= 15 is 0 Å². The number of benzene rings is 2. The molecule has 142 valence electrons. The maximum atomic E-state index is 12.5. The summed E-state index contributed by atoms with van der Waals surface area (Å²) in [7, 11) is 0. The number of carbonyl (C=O) groups is 2. The fourth-order valence-corrected chi connectivity index (χ4v) is 2.92. The first kappa shape index (κ1) is 17.7. The number of hydrogen-bond donors (Lipinski definition) is 2. The summed E-state index contributed by atoms with van der Waals surface area (Å²) < 4.78 is 6.91. The van der Waals surface area contributed by atoms with Crippen LogP contribution in [0.5, 0.6) is 5.75 Å². The molecule has 0 radical (unpaired) electrons. The topological polar surface area (TPSA) is 98.1 Å². The van der Waals surface area contributed by atoms with Crippen LogP contribution in [0.15, 0.2) is 48.7 Å². The molecule has 0 fully saturated rings. The van der Waals surface area contributed by atoms with Gasteiger partial charge in [-0.2, -0.15) is 0 Å². The molecule has 3 aromatic rings. The van der Waals surface area contributed by atoms with Gasteiger partial charge in [-0.25, -0.2) is 4.68 Å². The highest BCUT2D eigenvalue weighted by molar-refractivity contribution is 5.95. The van der Waals surface area contributed by atoms with E-state index in [9.17, 15) is 9.59 Å². The van der Waals surface area contributed by atoms with Gasteiger partial charge in [-0.3, -0.25) is 9.59 Å². The smallest absolute Gasteiger partial charge is 0.273 e. The molecule has 0 bridgehead atoms. The van der Waals surface area contributed by atoms with Crippen LogP contribution in [0.3, 0.4) is 0 Å². The lowest BCUT2D eigenvalue weighted by atomic mass is 10.1. The Balaban J connectivity index is 1.47. The number of hydrogen-bond acceptors (Lipinski definition) is 5. The van der Waals surface area contributed by atoms with Crippen LogP contribution in [0.25, 0.3) is 5.69 Å². The molecule has 28 heavy (non-hydrogen) atoms. The monoisotopic (exact) mass is 377 g/mol. The van der Waals surface area contributed by atoms with Gasteiger partial charge in [-0.1, -0.05) is 29.0 Å². The molecule has 0 aliphatic carbocycles. The Kier molecular flexibility index (Phi) is 4.52. The summed E-state index contributed by atoms with van der Waals surface area (Å²) in [6.07, 6.45) is 1.59. The lowest BCUT2D eigenvalue weighted by Crippen LogP contribution is -2.28. The summed E-state index contributed by atoms with van der Waals surface area (Å²) in [5.74, 6) is 0.0841. The molecule has 2 amide bonds. The summed E-state index contributed by atoms with van der Waals surface area (Å²) in [4.78, 5) is 24.0. The normalized spacial score (nSPS) is 13.9. The minimum atomic E-state index is -0.330. The molecular weight excluding hydrogens is 358 g/mol. The van der Waals surface area contributed by atoms with Gasteiger partial charge in [0.2, 0.25) is 0 Å². The van der Waals surface area contributed by atoms with Crippen LogP contribution >= 0.6 is 0 Å². The molecule has 1 aliphatic heterocycles. The molecule has 2 heterocycles. The zero-order valence-electron chi connectivity index (χ0n) is 15.5. The summed E-state index contributed by atoms with van der Waals surface area (Å²) in [6.45, 7) is 3.87. The first-order valence-electron chi connectivity index (χ1n) is 8.86. The van der Waals surface area contributed by atoms with Gasteiger partial charge in [0.25, 0.3) is 11.8 Å². The van der Waals surface area contributed by atoms with Gasteiger partial charge in [0.1, 0.15) is 5.75 Å². The van der Waals surface area contributed by atoms with Gasteiger partial charge in [-0.15, -0.1) is 5.10 Å². The summed E-state index contributed by atoms with van der Waals surface area (Å²) in [6, 6.07) is 12.9. The number of anilines is 1. The first-order chi connectivity index (χ1) is 13.5. The molecule has 8 nitrogen and oxygen atoms in total. The molecule has 0 saturated heterocycles. The Bertz CT molecular complexity index is 1040. The fraction of sp³-hybridized carbons (Fsp3) is 0.200. The van der Waals surface area contributed by atoms with E-state index in [1.54, 1.807) is 23.0 Å². The predicted molar refractivity (Wildman–Crippen MR) is 103 cm³/mol. The Labute approximate surface area is 161 Å². The maximum Gasteiger partial charge on any atom is 0.273 e. The minimum absolute atomic E-state index is 0.00920. The number of aromatic nitrogens is 3. The maximum absolute atomic E-state index is 12.5.